The van der Waals surface area contributed by atoms with Gasteiger partial charge in [0.15, 0.2) is 11.4 Å². The molecule has 7 rings (SSSR count). The number of imidazole rings is 2. The van der Waals surface area contributed by atoms with Crippen LogP contribution in [0.4, 0.5) is 70.2 Å². The summed E-state index contributed by atoms with van der Waals surface area (Å²) in [5, 5.41) is 6.78. The molecule has 1 aliphatic heterocycles. The minimum Gasteiger partial charge on any atom is -0.399 e. The van der Waals surface area contributed by atoms with Crippen LogP contribution in [0.1, 0.15) is 50.5 Å². The quantitative estimate of drug-likeness (QED) is 0.122. The van der Waals surface area contributed by atoms with Gasteiger partial charge in [0.25, 0.3) is 11.1 Å². The molecule has 0 amide bonds. The van der Waals surface area contributed by atoms with E-state index in [0.717, 1.165) is 21.2 Å². The minimum atomic E-state index is -5.88. The van der Waals surface area contributed by atoms with E-state index in [1.807, 2.05) is 0 Å². The van der Waals surface area contributed by atoms with Crippen molar-refractivity contribution in [3.05, 3.63) is 85.1 Å². The van der Waals surface area contributed by atoms with E-state index in [0.29, 0.717) is 28.5 Å². The van der Waals surface area contributed by atoms with Gasteiger partial charge in [0.05, 0.1) is 23.0 Å². The van der Waals surface area contributed by atoms with Crippen LogP contribution in [-0.4, -0.2) is 90.0 Å². The molecule has 0 spiro atoms. The van der Waals surface area contributed by atoms with E-state index < -0.39 is 106 Å². The average Bonchev–Trinajstić information content (AvgIpc) is 3.98. The first kappa shape index (κ1) is 53.6. The Morgan fingerprint density at radius 3 is 1.43 bits per heavy atom. The fourth-order valence-corrected chi connectivity index (χ4v) is 6.48. The lowest BCUT2D eigenvalue weighted by Gasteiger charge is -2.32. The summed E-state index contributed by atoms with van der Waals surface area (Å²) in [5.74, 6) is -10.4. The highest BCUT2D eigenvalue weighted by Gasteiger charge is 2.59. The Kier molecular flexibility index (Phi) is 13.8. The molecule has 1 saturated heterocycles. The average molecular weight is 1070 g/mol. The van der Waals surface area contributed by atoms with Gasteiger partial charge in [-0.05, 0) is 57.5 Å². The molecular weight excluding hydrogens is 1030 g/mol. The maximum atomic E-state index is 13.5. The molecule has 374 valence electrons. The second-order valence-corrected chi connectivity index (χ2v) is 16.9. The molecule has 0 aromatic carbocycles. The molecule has 1 fully saturated rings. The van der Waals surface area contributed by atoms with E-state index in [-0.39, 0.29) is 21.7 Å². The van der Waals surface area contributed by atoms with Crippen LogP contribution in [0.25, 0.3) is 22.7 Å². The summed E-state index contributed by atoms with van der Waals surface area (Å²) in [6.45, 7) is 6.85. The maximum absolute atomic E-state index is 13.5. The van der Waals surface area contributed by atoms with Crippen LogP contribution in [0.2, 0.25) is 0 Å². The number of hydrogen-bond acceptors (Lipinski definition) is 8. The highest BCUT2D eigenvalue weighted by molar-refractivity contribution is 9.10. The van der Waals surface area contributed by atoms with Crippen molar-refractivity contribution in [3.63, 3.8) is 0 Å². The van der Waals surface area contributed by atoms with Gasteiger partial charge in [-0.1, -0.05) is 0 Å². The Morgan fingerprint density at radius 1 is 0.603 bits per heavy atom. The van der Waals surface area contributed by atoms with Gasteiger partial charge in [-0.25, -0.2) is 9.97 Å². The van der Waals surface area contributed by atoms with Crippen molar-refractivity contribution in [1.29, 1.82) is 0 Å². The first-order valence-corrected chi connectivity index (χ1v) is 19.7. The van der Waals surface area contributed by atoms with E-state index >= 15 is 0 Å². The van der Waals surface area contributed by atoms with E-state index in [9.17, 15) is 79.8 Å². The fraction of sp³-hybridized carbons (Fsp3) is 0.500. The Labute approximate surface area is 379 Å². The first-order chi connectivity index (χ1) is 30.6. The predicted molar refractivity (Wildman–Crippen MR) is 209 cm³/mol. The number of halogens is 17. The zero-order chi connectivity index (χ0) is 51.9. The number of nitrogens with zero attached hydrogens (tertiary/aromatic N) is 10. The summed E-state index contributed by atoms with van der Waals surface area (Å²) in [7, 11) is 2.07. The van der Waals surface area contributed by atoms with Gasteiger partial charge < -0.3 is 18.4 Å². The Balaban J connectivity index is 0.000000198. The maximum Gasteiger partial charge on any atom is 0.498 e. The second kappa shape index (κ2) is 17.5. The molecule has 68 heavy (non-hydrogen) atoms. The summed E-state index contributed by atoms with van der Waals surface area (Å²) < 4.78 is 220. The van der Waals surface area contributed by atoms with Gasteiger partial charge in [-0.15, -0.1) is 0 Å². The molecule has 14 nitrogen and oxygen atoms in total. The van der Waals surface area contributed by atoms with Crippen LogP contribution in [0.3, 0.4) is 0 Å². The molecule has 0 bridgehead atoms. The molecule has 6 aromatic heterocycles. The standard InChI is InChI=1S/C15H11F8N5O.C12H16BF5N2O2.C9H7BrF3N3O/c1-7-4-28-11(29)9(10(14(18,19)20)25-12(28)26(7)2)8-3-24-27(5-8)6-13(16,17)15(21,22)23;1-9(2)10(3,4)22-13(21-9)8-5-19-20(6-8)7-11(14,15)12(16,17)18;1-4-3-16-7(17)5(10)6(9(11,12)13)14-8(16)15(4)2/h3-5H,6H2,1-2H3;5-6H,7H2,1-4H3;3H,1-2H3. The third-order valence-corrected chi connectivity index (χ3v) is 11.3. The van der Waals surface area contributed by atoms with E-state index in [4.69, 9.17) is 9.31 Å². The van der Waals surface area contributed by atoms with Crippen LogP contribution in [0.15, 0.2) is 51.2 Å². The molecule has 7 heterocycles. The number of rotatable bonds is 6. The highest BCUT2D eigenvalue weighted by atomic mass is 79.9. The van der Waals surface area contributed by atoms with Gasteiger partial charge in [0.2, 0.25) is 11.6 Å². The van der Waals surface area contributed by atoms with Gasteiger partial charge in [0, 0.05) is 67.5 Å². The van der Waals surface area contributed by atoms with Gasteiger partial charge in [-0.2, -0.15) is 80.4 Å². The summed E-state index contributed by atoms with van der Waals surface area (Å²) in [5.41, 5.74) is -6.32. The summed E-state index contributed by atoms with van der Waals surface area (Å²) >= 11 is 2.65. The van der Waals surface area contributed by atoms with Crippen LogP contribution in [0, 0.1) is 13.8 Å². The smallest absolute Gasteiger partial charge is 0.399 e. The zero-order valence-corrected chi connectivity index (χ0v) is 37.6. The van der Waals surface area contributed by atoms with Crippen LogP contribution in [-0.2, 0) is 48.8 Å². The fourth-order valence-electron chi connectivity index (χ4n) is 5.98. The van der Waals surface area contributed by atoms with Crippen molar-refractivity contribution in [2.24, 2.45) is 14.1 Å². The monoisotopic (exact) mass is 1060 g/mol. The third kappa shape index (κ3) is 10.4. The molecule has 32 heteroatoms. The van der Waals surface area contributed by atoms with E-state index in [1.54, 1.807) is 41.7 Å². The molecule has 0 radical (unpaired) electrons. The molecule has 0 saturated carbocycles. The zero-order valence-electron chi connectivity index (χ0n) is 36.0. The molecule has 0 aliphatic carbocycles. The number of aryl methyl sites for hydroxylation is 4. The van der Waals surface area contributed by atoms with Gasteiger partial charge in [0.1, 0.15) is 17.6 Å². The van der Waals surface area contributed by atoms with Crippen molar-refractivity contribution < 1.29 is 79.6 Å². The van der Waals surface area contributed by atoms with Gasteiger partial charge in [-0.3, -0.25) is 27.8 Å². The highest BCUT2D eigenvalue weighted by Crippen LogP contribution is 2.40. The largest absolute Gasteiger partial charge is 0.498 e. The van der Waals surface area contributed by atoms with Crippen molar-refractivity contribution in [2.75, 3.05) is 0 Å². The van der Waals surface area contributed by atoms with Crippen molar-refractivity contribution >= 4 is 40.1 Å². The van der Waals surface area contributed by atoms with Crippen molar-refractivity contribution in [1.82, 2.24) is 47.5 Å². The normalized spacial score (nSPS) is 15.8. The third-order valence-electron chi connectivity index (χ3n) is 10.6. The molecular formula is C36H34BBrF16N10O4. The van der Waals surface area contributed by atoms with Crippen molar-refractivity contribution in [3.8, 4) is 11.1 Å². The Hall–Kier alpha value is -5.40. The lowest BCUT2D eigenvalue weighted by atomic mass is 9.82. The minimum absolute atomic E-state index is 0.0389. The number of aromatic nitrogens is 10. The molecule has 0 N–H and O–H groups in total. The SMILES string of the molecule is CC1(C)OB(c2cnn(CC(F)(F)C(F)(F)F)c2)OC1(C)C.Cc1cn2c(=O)c(-c3cnn(CC(F)(F)C(F)(F)F)c3)c(C(F)(F)F)nc2n1C.Cc1cn2c(=O)c(Br)c(C(F)(F)F)nc2n1C. The van der Waals surface area contributed by atoms with E-state index in [1.165, 1.54) is 35.5 Å². The predicted octanol–water partition coefficient (Wildman–Crippen LogP) is 7.92. The summed E-state index contributed by atoms with van der Waals surface area (Å²) in [6.07, 6.45) is -15.3. The van der Waals surface area contributed by atoms with E-state index in [2.05, 4.69) is 36.1 Å². The first-order valence-electron chi connectivity index (χ1n) is 18.9. The molecule has 6 aromatic rings. The summed E-state index contributed by atoms with van der Waals surface area (Å²) in [4.78, 5) is 31.3. The number of fused-ring (bicyclic) bond motifs is 2. The molecule has 0 unspecified atom stereocenters. The van der Waals surface area contributed by atoms with Crippen LogP contribution in [0.5, 0.6) is 0 Å². The molecule has 0 atom stereocenters. The lowest BCUT2D eigenvalue weighted by Crippen LogP contribution is -2.41. The van der Waals surface area contributed by atoms with Gasteiger partial charge >= 0.3 is 43.7 Å². The van der Waals surface area contributed by atoms with Crippen LogP contribution >= 0.6 is 15.9 Å². The van der Waals surface area contributed by atoms with Crippen molar-refractivity contribution in [2.45, 2.75) is 102 Å². The number of hydrogen-bond donors (Lipinski definition) is 0. The lowest BCUT2D eigenvalue weighted by molar-refractivity contribution is -0.287. The number of alkyl halides is 16. The topological polar surface area (TPSA) is 133 Å². The second-order valence-electron chi connectivity index (χ2n) is 16.1. The Bertz CT molecular complexity index is 2940. The van der Waals surface area contributed by atoms with Crippen LogP contribution < -0.4 is 16.6 Å². The molecule has 1 aliphatic rings. The summed E-state index contributed by atoms with van der Waals surface area (Å²) in [6, 6.07) is 0. The Morgan fingerprint density at radius 2 is 1.00 bits per heavy atom.